The Bertz CT molecular complexity index is 373. The maximum atomic E-state index is 6.04. The van der Waals surface area contributed by atoms with Crippen LogP contribution in [-0.4, -0.2) is 11.9 Å². The van der Waals surface area contributed by atoms with Crippen molar-refractivity contribution in [3.8, 4) is 5.75 Å². The van der Waals surface area contributed by atoms with E-state index in [0.717, 1.165) is 17.7 Å². The van der Waals surface area contributed by atoms with Crippen LogP contribution >= 0.6 is 38.5 Å². The molecule has 1 aliphatic carbocycles. The minimum Gasteiger partial charge on any atom is -0.493 e. The average molecular weight is 423 g/mol. The summed E-state index contributed by atoms with van der Waals surface area (Å²) in [6.45, 7) is 0.846. The second-order valence-corrected chi connectivity index (χ2v) is 7.10. The largest absolute Gasteiger partial charge is 0.493 e. The summed E-state index contributed by atoms with van der Waals surface area (Å²) in [6, 6.07) is 8.32. The standard InChI is InChI=1S/C15H20BrIO/c16-11-15(8-3-1-2-4-9-15)12-18-14-7-5-6-13(17)10-14/h5-7,10H,1-4,8-9,11-12H2. The zero-order chi connectivity index (χ0) is 12.8. The molecule has 0 radical (unpaired) electrons. The Morgan fingerprint density at radius 1 is 1.17 bits per heavy atom. The summed E-state index contributed by atoms with van der Waals surface area (Å²) >= 11 is 6.04. The molecule has 18 heavy (non-hydrogen) atoms. The molecule has 2 rings (SSSR count). The molecule has 1 nitrogen and oxygen atoms in total. The summed E-state index contributed by atoms with van der Waals surface area (Å²) in [4.78, 5) is 0. The Labute approximate surface area is 132 Å². The van der Waals surface area contributed by atoms with Crippen molar-refractivity contribution in [2.75, 3.05) is 11.9 Å². The van der Waals surface area contributed by atoms with Crippen LogP contribution in [0.5, 0.6) is 5.75 Å². The highest BCUT2D eigenvalue weighted by atomic mass is 127. The highest BCUT2D eigenvalue weighted by Crippen LogP contribution is 2.37. The number of benzene rings is 1. The van der Waals surface area contributed by atoms with Crippen molar-refractivity contribution < 1.29 is 4.74 Å². The molecule has 0 saturated heterocycles. The van der Waals surface area contributed by atoms with Crippen LogP contribution in [0.15, 0.2) is 24.3 Å². The summed E-state index contributed by atoms with van der Waals surface area (Å²) in [5.41, 5.74) is 0.345. The Hall–Kier alpha value is 0.230. The van der Waals surface area contributed by atoms with Crippen LogP contribution in [0.1, 0.15) is 38.5 Å². The van der Waals surface area contributed by atoms with Gasteiger partial charge in [-0.3, -0.25) is 0 Å². The molecule has 1 saturated carbocycles. The summed E-state index contributed by atoms with van der Waals surface area (Å²) in [6.07, 6.45) is 8.06. The van der Waals surface area contributed by atoms with Gasteiger partial charge >= 0.3 is 0 Å². The highest BCUT2D eigenvalue weighted by molar-refractivity contribution is 14.1. The molecule has 0 heterocycles. The molecule has 1 aromatic carbocycles. The number of hydrogen-bond donors (Lipinski definition) is 0. The van der Waals surface area contributed by atoms with Crippen LogP contribution in [0.4, 0.5) is 0 Å². The van der Waals surface area contributed by atoms with Crippen LogP contribution in [0.2, 0.25) is 0 Å². The van der Waals surface area contributed by atoms with Crippen LogP contribution in [0.3, 0.4) is 0 Å². The molecule has 0 aromatic heterocycles. The zero-order valence-electron chi connectivity index (χ0n) is 10.6. The van der Waals surface area contributed by atoms with Crippen LogP contribution < -0.4 is 4.74 Å². The van der Waals surface area contributed by atoms with Crippen molar-refractivity contribution in [3.63, 3.8) is 0 Å². The quantitative estimate of drug-likeness (QED) is 0.358. The van der Waals surface area contributed by atoms with Crippen LogP contribution in [0.25, 0.3) is 0 Å². The normalized spacial score (nSPS) is 19.2. The molecule has 0 amide bonds. The van der Waals surface area contributed by atoms with Crippen molar-refractivity contribution >= 4 is 38.5 Å². The maximum absolute atomic E-state index is 6.04. The van der Waals surface area contributed by atoms with Gasteiger partial charge in [0, 0.05) is 14.3 Å². The number of hydrogen-bond acceptors (Lipinski definition) is 1. The molecule has 0 aliphatic heterocycles. The smallest absolute Gasteiger partial charge is 0.120 e. The first-order valence-electron chi connectivity index (χ1n) is 6.68. The summed E-state index contributed by atoms with van der Waals surface area (Å²) in [5, 5.41) is 1.06. The van der Waals surface area contributed by atoms with Crippen molar-refractivity contribution in [2.24, 2.45) is 5.41 Å². The number of alkyl halides is 1. The Morgan fingerprint density at radius 3 is 2.50 bits per heavy atom. The number of ether oxygens (including phenoxy) is 1. The van der Waals surface area contributed by atoms with Gasteiger partial charge in [0.2, 0.25) is 0 Å². The highest BCUT2D eigenvalue weighted by Gasteiger charge is 2.30. The van der Waals surface area contributed by atoms with E-state index in [0.29, 0.717) is 5.41 Å². The average Bonchev–Trinajstić information content (AvgIpc) is 2.63. The van der Waals surface area contributed by atoms with Crippen molar-refractivity contribution in [1.29, 1.82) is 0 Å². The topological polar surface area (TPSA) is 9.23 Å². The van der Waals surface area contributed by atoms with Gasteiger partial charge in [0.15, 0.2) is 0 Å². The van der Waals surface area contributed by atoms with Gasteiger partial charge in [-0.15, -0.1) is 0 Å². The lowest BCUT2D eigenvalue weighted by atomic mass is 9.83. The molecule has 0 bridgehead atoms. The number of halogens is 2. The lowest BCUT2D eigenvalue weighted by Crippen LogP contribution is -2.29. The van der Waals surface area contributed by atoms with Crippen molar-refractivity contribution in [3.05, 3.63) is 27.8 Å². The summed E-state index contributed by atoms with van der Waals surface area (Å²) < 4.78 is 7.28. The third-order valence-electron chi connectivity index (χ3n) is 3.79. The Balaban J connectivity index is 1.97. The van der Waals surface area contributed by atoms with Crippen molar-refractivity contribution in [1.82, 2.24) is 0 Å². The molecule has 1 aromatic rings. The van der Waals surface area contributed by atoms with Gasteiger partial charge in [-0.2, -0.15) is 0 Å². The molecule has 1 aliphatic rings. The van der Waals surface area contributed by atoms with E-state index in [4.69, 9.17) is 4.74 Å². The fourth-order valence-electron chi connectivity index (χ4n) is 2.59. The van der Waals surface area contributed by atoms with E-state index in [9.17, 15) is 0 Å². The fraction of sp³-hybridized carbons (Fsp3) is 0.600. The number of rotatable bonds is 4. The van der Waals surface area contributed by atoms with Crippen LogP contribution in [0, 0.1) is 8.99 Å². The van der Waals surface area contributed by atoms with Crippen LogP contribution in [-0.2, 0) is 0 Å². The zero-order valence-corrected chi connectivity index (χ0v) is 14.4. The lowest BCUT2D eigenvalue weighted by molar-refractivity contribution is 0.149. The second-order valence-electron chi connectivity index (χ2n) is 5.29. The van der Waals surface area contributed by atoms with E-state index >= 15 is 0 Å². The molecule has 3 heteroatoms. The van der Waals surface area contributed by atoms with Gasteiger partial charge < -0.3 is 4.74 Å². The molecule has 100 valence electrons. The van der Waals surface area contributed by atoms with Gasteiger partial charge in [0.25, 0.3) is 0 Å². The van der Waals surface area contributed by atoms with E-state index in [2.05, 4.69) is 62.8 Å². The lowest BCUT2D eigenvalue weighted by Gasteiger charge is -2.30. The molecule has 0 spiro atoms. The van der Waals surface area contributed by atoms with E-state index < -0.39 is 0 Å². The maximum Gasteiger partial charge on any atom is 0.120 e. The van der Waals surface area contributed by atoms with E-state index in [-0.39, 0.29) is 0 Å². The van der Waals surface area contributed by atoms with E-state index in [1.807, 2.05) is 0 Å². The summed E-state index contributed by atoms with van der Waals surface area (Å²) in [7, 11) is 0. The van der Waals surface area contributed by atoms with Gasteiger partial charge in [-0.1, -0.05) is 47.7 Å². The predicted molar refractivity (Wildman–Crippen MR) is 88.6 cm³/mol. The Kier molecular flexibility index (Phi) is 5.80. The minimum absolute atomic E-state index is 0.345. The van der Waals surface area contributed by atoms with Gasteiger partial charge in [-0.25, -0.2) is 0 Å². The first-order chi connectivity index (χ1) is 8.74. The molecular weight excluding hydrogens is 403 g/mol. The Morgan fingerprint density at radius 2 is 1.89 bits per heavy atom. The molecule has 0 unspecified atom stereocenters. The second kappa shape index (κ2) is 7.13. The van der Waals surface area contributed by atoms with Crippen molar-refractivity contribution in [2.45, 2.75) is 38.5 Å². The third-order valence-corrected chi connectivity index (χ3v) is 5.65. The van der Waals surface area contributed by atoms with E-state index in [1.165, 1.54) is 42.1 Å². The predicted octanol–water partition coefficient (Wildman–Crippen LogP) is 5.41. The monoisotopic (exact) mass is 422 g/mol. The first kappa shape index (κ1) is 14.6. The SMILES string of the molecule is BrCC1(COc2cccc(I)c2)CCCCCC1. The molecule has 0 atom stereocenters. The third kappa shape index (κ3) is 4.12. The minimum atomic E-state index is 0.345. The fourth-order valence-corrected chi connectivity index (χ4v) is 3.83. The van der Waals surface area contributed by atoms with Gasteiger partial charge in [0.05, 0.1) is 6.61 Å². The molecular formula is C15H20BrIO. The summed E-state index contributed by atoms with van der Waals surface area (Å²) in [5.74, 6) is 1.01. The van der Waals surface area contributed by atoms with Gasteiger partial charge in [0.1, 0.15) is 5.75 Å². The van der Waals surface area contributed by atoms with E-state index in [1.54, 1.807) is 0 Å². The van der Waals surface area contributed by atoms with Gasteiger partial charge in [-0.05, 0) is 53.6 Å². The molecule has 1 fully saturated rings. The molecule has 0 N–H and O–H groups in total. The first-order valence-corrected chi connectivity index (χ1v) is 8.88.